The molecule has 0 saturated carbocycles. The van der Waals surface area contributed by atoms with Crippen LogP contribution in [-0.4, -0.2) is 88.4 Å². The highest BCUT2D eigenvalue weighted by Gasteiger charge is 2.23. The molecular weight excluding hydrogens is 252 g/mol. The van der Waals surface area contributed by atoms with Gasteiger partial charge in [0.05, 0.1) is 40.0 Å². The van der Waals surface area contributed by atoms with Crippen molar-refractivity contribution in [3.8, 4) is 0 Å². The third-order valence-corrected chi connectivity index (χ3v) is 2.96. The molecule has 0 amide bonds. The van der Waals surface area contributed by atoms with Gasteiger partial charge in [-0.3, -0.25) is 14.5 Å². The van der Waals surface area contributed by atoms with Crippen molar-refractivity contribution in [1.29, 1.82) is 0 Å². The molecule has 0 N–H and O–H groups in total. The average molecular weight is 274 g/mol. The summed E-state index contributed by atoms with van der Waals surface area (Å²) in [4.78, 5) is 26.5. The Morgan fingerprint density at radius 2 is 1.84 bits per heavy atom. The van der Waals surface area contributed by atoms with Gasteiger partial charge in [0.1, 0.15) is 0 Å². The Balaban J connectivity index is 2.51. The molecule has 7 heteroatoms. The number of likely N-dealkylation sites (N-methyl/N-ethyl adjacent to an activating group) is 1. The minimum Gasteiger partial charge on any atom is -0.468 e. The van der Waals surface area contributed by atoms with E-state index >= 15 is 0 Å². The monoisotopic (exact) mass is 274 g/mol. The summed E-state index contributed by atoms with van der Waals surface area (Å²) in [6.45, 7) is 2.92. The summed E-state index contributed by atoms with van der Waals surface area (Å²) in [6, 6.07) is 0. The molecule has 1 saturated heterocycles. The highest BCUT2D eigenvalue weighted by atomic mass is 16.5. The van der Waals surface area contributed by atoms with Crippen LogP contribution in [0.15, 0.2) is 0 Å². The molecule has 0 aromatic rings. The Labute approximate surface area is 113 Å². The molecule has 0 aliphatic carbocycles. The van der Waals surface area contributed by atoms with Crippen molar-refractivity contribution in [2.24, 2.45) is 0 Å². The third kappa shape index (κ3) is 6.00. The summed E-state index contributed by atoms with van der Waals surface area (Å²) in [5.41, 5.74) is 0. The Bertz CT molecular complexity index is 292. The number of hydrogen-bond acceptors (Lipinski definition) is 7. The largest absolute Gasteiger partial charge is 0.468 e. The molecule has 1 aliphatic heterocycles. The van der Waals surface area contributed by atoms with Crippen LogP contribution >= 0.6 is 0 Å². The summed E-state index contributed by atoms with van der Waals surface area (Å²) in [5, 5.41) is 0. The van der Waals surface area contributed by atoms with E-state index in [1.165, 1.54) is 14.2 Å². The zero-order valence-corrected chi connectivity index (χ0v) is 11.8. The van der Waals surface area contributed by atoms with Gasteiger partial charge in [0.25, 0.3) is 0 Å². The van der Waals surface area contributed by atoms with Crippen molar-refractivity contribution in [3.63, 3.8) is 0 Å². The predicted octanol–water partition coefficient (Wildman–Crippen LogP) is -1.03. The summed E-state index contributed by atoms with van der Waals surface area (Å²) in [7, 11) is 4.66. The maximum Gasteiger partial charge on any atom is 0.319 e. The fourth-order valence-electron chi connectivity index (χ4n) is 1.94. The van der Waals surface area contributed by atoms with E-state index in [2.05, 4.69) is 14.4 Å². The molecule has 1 heterocycles. The highest BCUT2D eigenvalue weighted by molar-refractivity contribution is 5.74. The molecule has 19 heavy (non-hydrogen) atoms. The second-order valence-electron chi connectivity index (χ2n) is 4.58. The number of nitrogens with zero attached hydrogens (tertiary/aromatic N) is 2. The topological polar surface area (TPSA) is 68.3 Å². The van der Waals surface area contributed by atoms with Crippen LogP contribution in [0.25, 0.3) is 0 Å². The molecule has 1 fully saturated rings. The Morgan fingerprint density at radius 3 is 2.32 bits per heavy atom. The molecule has 110 valence electrons. The van der Waals surface area contributed by atoms with Crippen LogP contribution in [-0.2, 0) is 23.8 Å². The molecule has 0 radical (unpaired) electrons. The van der Waals surface area contributed by atoms with Gasteiger partial charge < -0.3 is 19.1 Å². The first kappa shape index (κ1) is 15.9. The maximum atomic E-state index is 11.3. The number of morpholine rings is 1. The van der Waals surface area contributed by atoms with Gasteiger partial charge in [-0.15, -0.1) is 0 Å². The fourth-order valence-corrected chi connectivity index (χ4v) is 1.94. The smallest absolute Gasteiger partial charge is 0.319 e. The van der Waals surface area contributed by atoms with Crippen LogP contribution < -0.4 is 0 Å². The van der Waals surface area contributed by atoms with Gasteiger partial charge in [0.2, 0.25) is 0 Å². The van der Waals surface area contributed by atoms with E-state index in [9.17, 15) is 9.59 Å². The predicted molar refractivity (Wildman–Crippen MR) is 67.7 cm³/mol. The Morgan fingerprint density at radius 1 is 1.26 bits per heavy atom. The quantitative estimate of drug-likeness (QED) is 0.573. The minimum atomic E-state index is -0.381. The molecule has 0 aromatic heterocycles. The van der Waals surface area contributed by atoms with Crippen molar-refractivity contribution in [2.75, 3.05) is 60.6 Å². The van der Waals surface area contributed by atoms with Crippen molar-refractivity contribution in [2.45, 2.75) is 6.10 Å². The highest BCUT2D eigenvalue weighted by Crippen LogP contribution is 2.05. The van der Waals surface area contributed by atoms with Crippen LogP contribution in [0.1, 0.15) is 0 Å². The molecule has 1 aliphatic rings. The molecule has 7 nitrogen and oxygen atoms in total. The zero-order valence-electron chi connectivity index (χ0n) is 11.8. The lowest BCUT2D eigenvalue weighted by molar-refractivity contribution is -0.146. The number of hydrogen-bond donors (Lipinski definition) is 0. The number of rotatable bonds is 6. The second kappa shape index (κ2) is 8.08. The van der Waals surface area contributed by atoms with Gasteiger partial charge in [0.15, 0.2) is 0 Å². The summed E-state index contributed by atoms with van der Waals surface area (Å²) in [6.07, 6.45) is -0.0203. The standard InChI is InChI=1S/C12H22N2O5/c1-13-4-5-19-10(6-13)7-14(8-11(15)17-2)9-12(16)18-3/h10H,4-9H2,1-3H3. The number of esters is 2. The lowest BCUT2D eigenvalue weighted by Crippen LogP contribution is -2.48. The maximum absolute atomic E-state index is 11.3. The molecule has 0 spiro atoms. The van der Waals surface area contributed by atoms with E-state index in [1.807, 2.05) is 7.05 Å². The Kier molecular flexibility index (Phi) is 6.75. The first-order valence-electron chi connectivity index (χ1n) is 6.21. The van der Waals surface area contributed by atoms with Crippen molar-refractivity contribution >= 4 is 11.9 Å². The summed E-state index contributed by atoms with van der Waals surface area (Å²) in [5.74, 6) is -0.763. The normalized spacial score (nSPS) is 20.3. The molecular formula is C12H22N2O5. The molecule has 0 aromatic carbocycles. The van der Waals surface area contributed by atoms with Crippen LogP contribution in [0, 0.1) is 0 Å². The van der Waals surface area contributed by atoms with Crippen LogP contribution in [0.2, 0.25) is 0 Å². The van der Waals surface area contributed by atoms with E-state index < -0.39 is 0 Å². The van der Waals surface area contributed by atoms with Crippen LogP contribution in [0.3, 0.4) is 0 Å². The lowest BCUT2D eigenvalue weighted by atomic mass is 10.2. The van der Waals surface area contributed by atoms with E-state index in [0.29, 0.717) is 13.2 Å². The molecule has 0 bridgehead atoms. The number of carbonyl (C=O) groups is 2. The summed E-state index contributed by atoms with van der Waals surface area (Å²) < 4.78 is 14.9. The summed E-state index contributed by atoms with van der Waals surface area (Å²) >= 11 is 0. The Hall–Kier alpha value is -1.18. The zero-order chi connectivity index (χ0) is 14.3. The second-order valence-corrected chi connectivity index (χ2v) is 4.58. The van der Waals surface area contributed by atoms with Crippen molar-refractivity contribution < 1.29 is 23.8 Å². The lowest BCUT2D eigenvalue weighted by Gasteiger charge is -2.33. The van der Waals surface area contributed by atoms with Gasteiger partial charge >= 0.3 is 11.9 Å². The average Bonchev–Trinajstić information content (AvgIpc) is 2.38. The fraction of sp³-hybridized carbons (Fsp3) is 0.833. The number of carbonyl (C=O) groups excluding carboxylic acids is 2. The minimum absolute atomic E-state index is 0.0203. The van der Waals surface area contributed by atoms with Crippen LogP contribution in [0.4, 0.5) is 0 Å². The van der Waals surface area contributed by atoms with Gasteiger partial charge in [-0.2, -0.15) is 0 Å². The van der Waals surface area contributed by atoms with Crippen molar-refractivity contribution in [1.82, 2.24) is 9.80 Å². The SMILES string of the molecule is COC(=O)CN(CC(=O)OC)CC1CN(C)CCO1. The van der Waals surface area contributed by atoms with E-state index in [1.54, 1.807) is 4.90 Å². The van der Waals surface area contributed by atoms with E-state index in [0.717, 1.165) is 13.1 Å². The molecule has 1 unspecified atom stereocenters. The van der Waals surface area contributed by atoms with Gasteiger partial charge in [-0.05, 0) is 7.05 Å². The molecule has 1 rings (SSSR count). The molecule has 1 atom stereocenters. The van der Waals surface area contributed by atoms with E-state index in [-0.39, 0.29) is 31.1 Å². The first-order valence-corrected chi connectivity index (χ1v) is 6.21. The van der Waals surface area contributed by atoms with Gasteiger partial charge in [0, 0.05) is 19.6 Å². The van der Waals surface area contributed by atoms with Gasteiger partial charge in [-0.25, -0.2) is 0 Å². The van der Waals surface area contributed by atoms with Gasteiger partial charge in [-0.1, -0.05) is 0 Å². The van der Waals surface area contributed by atoms with Crippen molar-refractivity contribution in [3.05, 3.63) is 0 Å². The number of methoxy groups -OCH3 is 2. The first-order chi connectivity index (χ1) is 9.05. The van der Waals surface area contributed by atoms with Crippen LogP contribution in [0.5, 0.6) is 0 Å². The number of ether oxygens (including phenoxy) is 3. The third-order valence-electron chi connectivity index (χ3n) is 2.96. The van der Waals surface area contributed by atoms with E-state index in [4.69, 9.17) is 4.74 Å².